The zero-order chi connectivity index (χ0) is 22.8. The summed E-state index contributed by atoms with van der Waals surface area (Å²) in [5.74, 6) is 1.23. The van der Waals surface area contributed by atoms with E-state index in [1.54, 1.807) is 23.9 Å². The Bertz CT molecular complexity index is 1090. The predicted octanol–water partition coefficient (Wildman–Crippen LogP) is 0.359. The molecule has 3 aromatic rings. The third kappa shape index (κ3) is 5.48. The number of carbonyl (C=O) groups is 1. The summed E-state index contributed by atoms with van der Waals surface area (Å²) in [4.78, 5) is 13.1. The minimum atomic E-state index is -0.114. The van der Waals surface area contributed by atoms with Crippen LogP contribution in [0.15, 0.2) is 30.3 Å². The Hall–Kier alpha value is -2.87. The standard InChI is InChI=1S/C23H32N5O3.ClH/c1-7-17(8-2)31-20-9-10-21-27(26-22(24)28(21)25-20)14-19(29)15-11-16(23(3,4)5)13-18(12-15)30-6;/h9-13,17H,7-8,14H2,1-6H3,(H2,24,26);1H/q+1;/p-1. The molecule has 2 heterocycles. The van der Waals surface area contributed by atoms with Crippen LogP contribution in [0.3, 0.4) is 0 Å². The van der Waals surface area contributed by atoms with Gasteiger partial charge in [0.05, 0.1) is 7.11 Å². The number of hydrogen-bond donors (Lipinski definition) is 1. The van der Waals surface area contributed by atoms with Crippen molar-refractivity contribution in [1.82, 2.24) is 14.7 Å². The van der Waals surface area contributed by atoms with E-state index in [4.69, 9.17) is 15.2 Å². The fourth-order valence-electron chi connectivity index (χ4n) is 3.32. The number of aromatic nitrogens is 4. The summed E-state index contributed by atoms with van der Waals surface area (Å²) in [6.07, 6.45) is 1.87. The summed E-state index contributed by atoms with van der Waals surface area (Å²) in [5.41, 5.74) is 8.16. The molecule has 0 fully saturated rings. The minimum Gasteiger partial charge on any atom is -1.00 e. The Morgan fingerprint density at radius 1 is 1.19 bits per heavy atom. The van der Waals surface area contributed by atoms with E-state index < -0.39 is 0 Å². The second-order valence-corrected chi connectivity index (χ2v) is 8.64. The van der Waals surface area contributed by atoms with Crippen LogP contribution in [-0.2, 0) is 12.0 Å². The molecule has 0 saturated heterocycles. The summed E-state index contributed by atoms with van der Waals surface area (Å²) in [6.45, 7) is 10.5. The zero-order valence-electron chi connectivity index (χ0n) is 19.6. The van der Waals surface area contributed by atoms with Gasteiger partial charge in [0.25, 0.3) is 5.88 Å². The van der Waals surface area contributed by atoms with Crippen molar-refractivity contribution in [2.45, 2.75) is 65.5 Å². The van der Waals surface area contributed by atoms with Crippen molar-refractivity contribution in [3.63, 3.8) is 0 Å². The fraction of sp³-hybridized carbons (Fsp3) is 0.478. The van der Waals surface area contributed by atoms with Gasteiger partial charge in [0.2, 0.25) is 5.78 Å². The highest BCUT2D eigenvalue weighted by molar-refractivity contribution is 5.95. The number of halogens is 1. The number of benzene rings is 1. The van der Waals surface area contributed by atoms with Gasteiger partial charge in [-0.25, -0.2) is 0 Å². The third-order valence-corrected chi connectivity index (χ3v) is 5.32. The molecule has 32 heavy (non-hydrogen) atoms. The summed E-state index contributed by atoms with van der Waals surface area (Å²) < 4.78 is 14.4. The number of ether oxygens (including phenoxy) is 2. The van der Waals surface area contributed by atoms with Gasteiger partial charge < -0.3 is 27.6 Å². The Morgan fingerprint density at radius 2 is 1.88 bits per heavy atom. The number of nitrogens with zero attached hydrogens (tertiary/aromatic N) is 4. The quantitative estimate of drug-likeness (QED) is 0.384. The number of methoxy groups -OCH3 is 1. The number of ketones is 1. The predicted molar refractivity (Wildman–Crippen MR) is 119 cm³/mol. The highest BCUT2D eigenvalue weighted by Gasteiger charge is 2.24. The first-order chi connectivity index (χ1) is 14.7. The highest BCUT2D eigenvalue weighted by Crippen LogP contribution is 2.28. The number of Topliss-reactive ketones (excluding diaryl/α,β-unsaturated/α-hetero) is 1. The Labute approximate surface area is 195 Å². The van der Waals surface area contributed by atoms with E-state index in [0.717, 1.165) is 18.4 Å². The van der Waals surface area contributed by atoms with Gasteiger partial charge in [-0.3, -0.25) is 4.79 Å². The second-order valence-electron chi connectivity index (χ2n) is 8.64. The Balaban J connectivity index is 0.00000363. The van der Waals surface area contributed by atoms with Crippen molar-refractivity contribution in [3.8, 4) is 11.6 Å². The molecule has 0 unspecified atom stereocenters. The first-order valence-electron chi connectivity index (χ1n) is 10.6. The van der Waals surface area contributed by atoms with Crippen molar-refractivity contribution in [2.24, 2.45) is 0 Å². The molecule has 0 aliphatic heterocycles. The van der Waals surface area contributed by atoms with Crippen LogP contribution in [0.4, 0.5) is 5.95 Å². The smallest absolute Gasteiger partial charge is 0.355 e. The number of fused-ring (bicyclic) bond motifs is 1. The Morgan fingerprint density at radius 3 is 2.47 bits per heavy atom. The van der Waals surface area contributed by atoms with Crippen molar-refractivity contribution in [1.29, 1.82) is 0 Å². The van der Waals surface area contributed by atoms with Crippen LogP contribution in [0.5, 0.6) is 11.6 Å². The van der Waals surface area contributed by atoms with E-state index in [0.29, 0.717) is 22.8 Å². The number of carbonyl (C=O) groups excluding carboxylic acids is 1. The average molecular weight is 462 g/mol. The molecule has 0 saturated carbocycles. The van der Waals surface area contributed by atoms with Crippen LogP contribution in [0.25, 0.3) is 5.65 Å². The minimum absolute atomic E-state index is 0. The van der Waals surface area contributed by atoms with E-state index in [9.17, 15) is 4.79 Å². The lowest BCUT2D eigenvalue weighted by atomic mass is 9.85. The molecule has 0 amide bonds. The highest BCUT2D eigenvalue weighted by atomic mass is 35.5. The first-order valence-corrected chi connectivity index (χ1v) is 10.6. The van der Waals surface area contributed by atoms with E-state index in [-0.39, 0.29) is 42.2 Å². The molecule has 2 aromatic heterocycles. The van der Waals surface area contributed by atoms with Gasteiger partial charge in [-0.2, -0.15) is 0 Å². The molecule has 0 bridgehead atoms. The third-order valence-electron chi connectivity index (χ3n) is 5.32. The maximum atomic E-state index is 13.1. The average Bonchev–Trinajstić information content (AvgIpc) is 3.05. The van der Waals surface area contributed by atoms with Crippen molar-refractivity contribution in [3.05, 3.63) is 41.5 Å². The SMILES string of the molecule is CCC(CC)Oc1ccc2n(n1)c(N)n[n+]2CC(=O)c1cc(OC)cc(C(C)(C)C)c1.[Cl-]. The number of rotatable bonds is 8. The number of hydrogen-bond acceptors (Lipinski definition) is 6. The maximum Gasteiger partial charge on any atom is 0.355 e. The molecule has 0 radical (unpaired) electrons. The normalized spacial score (nSPS) is 11.5. The molecule has 174 valence electrons. The molecule has 0 atom stereocenters. The van der Waals surface area contributed by atoms with Crippen LogP contribution in [0, 0.1) is 0 Å². The molecular formula is C23H32ClN5O3. The van der Waals surface area contributed by atoms with Gasteiger partial charge in [0.1, 0.15) is 11.9 Å². The monoisotopic (exact) mass is 461 g/mol. The van der Waals surface area contributed by atoms with Crippen molar-refractivity contribution in [2.75, 3.05) is 12.8 Å². The Kier molecular flexibility index (Phi) is 8.07. The summed E-state index contributed by atoms with van der Waals surface area (Å²) >= 11 is 0. The van der Waals surface area contributed by atoms with Crippen molar-refractivity contribution < 1.29 is 31.4 Å². The summed E-state index contributed by atoms with van der Waals surface area (Å²) in [5, 5.41) is 8.76. The van der Waals surface area contributed by atoms with E-state index in [1.165, 1.54) is 4.52 Å². The van der Waals surface area contributed by atoms with Gasteiger partial charge in [-0.1, -0.05) is 39.1 Å². The van der Waals surface area contributed by atoms with Crippen LogP contribution in [0.2, 0.25) is 0 Å². The van der Waals surface area contributed by atoms with Gasteiger partial charge in [-0.05, 0) is 52.2 Å². The van der Waals surface area contributed by atoms with Crippen molar-refractivity contribution >= 4 is 17.4 Å². The molecule has 1 aromatic carbocycles. The van der Waals surface area contributed by atoms with Crippen LogP contribution in [0.1, 0.15) is 63.4 Å². The number of anilines is 1. The zero-order valence-corrected chi connectivity index (χ0v) is 20.3. The molecule has 0 spiro atoms. The summed E-state index contributed by atoms with van der Waals surface area (Å²) in [7, 11) is 1.60. The molecule has 8 nitrogen and oxygen atoms in total. The van der Waals surface area contributed by atoms with E-state index in [2.05, 4.69) is 44.8 Å². The van der Waals surface area contributed by atoms with Crippen LogP contribution < -0.4 is 32.3 Å². The first kappa shape index (κ1) is 25.4. The molecule has 0 aliphatic carbocycles. The van der Waals surface area contributed by atoms with Gasteiger partial charge in [0, 0.05) is 17.7 Å². The second kappa shape index (κ2) is 10.2. The van der Waals surface area contributed by atoms with Crippen LogP contribution >= 0.6 is 0 Å². The van der Waals surface area contributed by atoms with Crippen LogP contribution in [-0.4, -0.2) is 33.7 Å². The van der Waals surface area contributed by atoms with Gasteiger partial charge in [0.15, 0.2) is 6.54 Å². The largest absolute Gasteiger partial charge is 1.00 e. The lowest BCUT2D eigenvalue weighted by molar-refractivity contribution is -0.714. The fourth-order valence-corrected chi connectivity index (χ4v) is 3.32. The molecule has 3 rings (SSSR count). The van der Waals surface area contributed by atoms with Gasteiger partial charge in [-0.15, -0.1) is 4.68 Å². The molecular weight excluding hydrogens is 430 g/mol. The number of nitrogen functional groups attached to an aromatic ring is 1. The maximum absolute atomic E-state index is 13.1. The summed E-state index contributed by atoms with van der Waals surface area (Å²) in [6, 6.07) is 9.21. The molecule has 0 aliphatic rings. The topological polar surface area (TPSA) is 95.6 Å². The lowest BCUT2D eigenvalue weighted by Crippen LogP contribution is -3.00. The molecule has 9 heteroatoms. The van der Waals surface area contributed by atoms with Gasteiger partial charge >= 0.3 is 11.6 Å². The van der Waals surface area contributed by atoms with E-state index >= 15 is 0 Å². The number of nitrogens with two attached hydrogens (primary N) is 1. The lowest BCUT2D eigenvalue weighted by Gasteiger charge is -2.20. The van der Waals surface area contributed by atoms with E-state index in [1.807, 2.05) is 18.2 Å². The molecule has 2 N–H and O–H groups in total.